The number of rotatable bonds is 6. The van der Waals surface area contributed by atoms with E-state index in [1.54, 1.807) is 0 Å². The lowest BCUT2D eigenvalue weighted by molar-refractivity contribution is 0.365. The summed E-state index contributed by atoms with van der Waals surface area (Å²) in [5.41, 5.74) is 1.25. The highest BCUT2D eigenvalue weighted by molar-refractivity contribution is 5.52. The fraction of sp³-hybridized carbons (Fsp3) is 0.769. The summed E-state index contributed by atoms with van der Waals surface area (Å²) in [6.45, 7) is 6.29. The summed E-state index contributed by atoms with van der Waals surface area (Å²) in [5, 5.41) is 10.9. The molecule has 1 saturated heterocycles. The van der Waals surface area contributed by atoms with Crippen LogP contribution in [0.15, 0.2) is 11.8 Å². The van der Waals surface area contributed by atoms with E-state index in [2.05, 4.69) is 19.2 Å². The van der Waals surface area contributed by atoms with Crippen molar-refractivity contribution >= 4 is 6.34 Å². The maximum absolute atomic E-state index is 7.32. The van der Waals surface area contributed by atoms with Crippen LogP contribution in [0, 0.1) is 5.41 Å². The molecule has 0 aromatic carbocycles. The van der Waals surface area contributed by atoms with Gasteiger partial charge in [-0.15, -0.1) is 0 Å². The predicted molar refractivity (Wildman–Crippen MR) is 69.8 cm³/mol. The first kappa shape index (κ1) is 13.2. The summed E-state index contributed by atoms with van der Waals surface area (Å²) >= 11 is 0. The molecule has 92 valence electrons. The van der Waals surface area contributed by atoms with Crippen LogP contribution in [0.5, 0.6) is 0 Å². The molecule has 2 N–H and O–H groups in total. The topological polar surface area (TPSA) is 39.1 Å². The molecule has 1 aliphatic heterocycles. The van der Waals surface area contributed by atoms with E-state index >= 15 is 0 Å². The second-order valence-electron chi connectivity index (χ2n) is 4.86. The molecule has 1 atom stereocenters. The van der Waals surface area contributed by atoms with Gasteiger partial charge in [0.15, 0.2) is 0 Å². The maximum Gasteiger partial charge on any atom is 0.0857 e. The summed E-state index contributed by atoms with van der Waals surface area (Å²) < 4.78 is 0. The summed E-state index contributed by atoms with van der Waals surface area (Å²) in [5.74, 6) is 0. The smallest absolute Gasteiger partial charge is 0.0857 e. The van der Waals surface area contributed by atoms with Gasteiger partial charge in [0.05, 0.1) is 6.34 Å². The van der Waals surface area contributed by atoms with Crippen molar-refractivity contribution in [1.82, 2.24) is 10.2 Å². The fourth-order valence-electron chi connectivity index (χ4n) is 2.19. The summed E-state index contributed by atoms with van der Waals surface area (Å²) in [6, 6.07) is 0.716. The third-order valence-corrected chi connectivity index (χ3v) is 2.97. The summed E-state index contributed by atoms with van der Waals surface area (Å²) in [4.78, 5) is 1.97. The average Bonchev–Trinajstić information content (AvgIpc) is 2.28. The first-order valence-electron chi connectivity index (χ1n) is 6.37. The number of allylic oxidation sites excluding steroid dienone is 1. The molecular formula is C13H25N3. The molecule has 0 radical (unpaired) electrons. The monoisotopic (exact) mass is 223 g/mol. The van der Waals surface area contributed by atoms with Gasteiger partial charge in [0, 0.05) is 18.8 Å². The predicted octanol–water partition coefficient (Wildman–Crippen LogP) is 2.74. The van der Waals surface area contributed by atoms with Gasteiger partial charge in [0.25, 0.3) is 0 Å². The van der Waals surface area contributed by atoms with Crippen LogP contribution in [0.1, 0.15) is 46.0 Å². The van der Waals surface area contributed by atoms with Gasteiger partial charge in [0.1, 0.15) is 0 Å². The lowest BCUT2D eigenvalue weighted by Crippen LogP contribution is -2.34. The second-order valence-corrected chi connectivity index (χ2v) is 4.86. The van der Waals surface area contributed by atoms with Gasteiger partial charge in [-0.2, -0.15) is 0 Å². The number of nitrogens with one attached hydrogen (secondary N) is 2. The normalized spacial score (nSPS) is 20.2. The first-order chi connectivity index (χ1) is 7.72. The molecule has 0 spiro atoms. The Bertz CT molecular complexity index is 225. The van der Waals surface area contributed by atoms with Crippen molar-refractivity contribution in [3.8, 4) is 0 Å². The standard InChI is InChI=1S/C13H25N3/c1-12(2)10-16(11-14)9-5-7-13-6-3-4-8-15-13/h10-11,13-15H,3-9H2,1-2H3. The van der Waals surface area contributed by atoms with Crippen molar-refractivity contribution < 1.29 is 0 Å². The number of piperidine rings is 1. The van der Waals surface area contributed by atoms with Crippen LogP contribution in [0.2, 0.25) is 0 Å². The van der Waals surface area contributed by atoms with Crippen LogP contribution in [0.4, 0.5) is 0 Å². The molecule has 1 heterocycles. The summed E-state index contributed by atoms with van der Waals surface area (Å²) in [7, 11) is 0. The SMILES string of the molecule is CC(C)=CN(C=N)CCCC1CCCCN1. The Balaban J connectivity index is 2.17. The van der Waals surface area contributed by atoms with Gasteiger partial charge in [-0.1, -0.05) is 12.0 Å². The van der Waals surface area contributed by atoms with Crippen molar-refractivity contribution in [3.63, 3.8) is 0 Å². The van der Waals surface area contributed by atoms with E-state index in [0.717, 1.165) is 13.0 Å². The van der Waals surface area contributed by atoms with Crippen molar-refractivity contribution in [2.75, 3.05) is 13.1 Å². The molecule has 0 aromatic heterocycles. The average molecular weight is 223 g/mol. The molecule has 0 amide bonds. The Labute approximate surface area is 99.4 Å². The number of hydrogen-bond donors (Lipinski definition) is 2. The third-order valence-electron chi connectivity index (χ3n) is 2.97. The third kappa shape index (κ3) is 5.31. The van der Waals surface area contributed by atoms with Gasteiger partial charge in [-0.25, -0.2) is 0 Å². The Hall–Kier alpha value is -0.830. The Morgan fingerprint density at radius 2 is 2.25 bits per heavy atom. The highest BCUT2D eigenvalue weighted by Crippen LogP contribution is 2.12. The van der Waals surface area contributed by atoms with Crippen LogP contribution in [-0.4, -0.2) is 30.4 Å². The van der Waals surface area contributed by atoms with E-state index in [9.17, 15) is 0 Å². The first-order valence-corrected chi connectivity index (χ1v) is 6.37. The molecule has 1 rings (SSSR count). The highest BCUT2D eigenvalue weighted by Gasteiger charge is 2.11. The lowest BCUT2D eigenvalue weighted by Gasteiger charge is -2.24. The minimum absolute atomic E-state index is 0.716. The largest absolute Gasteiger partial charge is 0.340 e. The minimum atomic E-state index is 0.716. The van der Waals surface area contributed by atoms with Crippen molar-refractivity contribution in [2.24, 2.45) is 0 Å². The molecule has 0 saturated carbocycles. The van der Waals surface area contributed by atoms with E-state index in [-0.39, 0.29) is 0 Å². The molecular weight excluding hydrogens is 198 g/mol. The number of hydrogen-bond acceptors (Lipinski definition) is 2. The molecule has 0 aliphatic carbocycles. The van der Waals surface area contributed by atoms with Crippen LogP contribution in [0.3, 0.4) is 0 Å². The number of nitrogens with zero attached hydrogens (tertiary/aromatic N) is 1. The molecule has 1 aliphatic rings. The molecule has 0 aromatic rings. The van der Waals surface area contributed by atoms with Crippen molar-refractivity contribution in [1.29, 1.82) is 5.41 Å². The van der Waals surface area contributed by atoms with Crippen LogP contribution >= 0.6 is 0 Å². The van der Waals surface area contributed by atoms with E-state index < -0.39 is 0 Å². The molecule has 1 unspecified atom stereocenters. The molecule has 0 bridgehead atoms. The minimum Gasteiger partial charge on any atom is -0.340 e. The van der Waals surface area contributed by atoms with E-state index in [1.165, 1.54) is 44.1 Å². The molecule has 3 nitrogen and oxygen atoms in total. The summed E-state index contributed by atoms with van der Waals surface area (Å²) in [6.07, 6.45) is 9.90. The van der Waals surface area contributed by atoms with Crippen LogP contribution < -0.4 is 5.32 Å². The Morgan fingerprint density at radius 1 is 1.44 bits per heavy atom. The molecule has 3 heteroatoms. The van der Waals surface area contributed by atoms with E-state index in [0.29, 0.717) is 6.04 Å². The zero-order valence-corrected chi connectivity index (χ0v) is 10.6. The van der Waals surface area contributed by atoms with Crippen LogP contribution in [-0.2, 0) is 0 Å². The second kappa shape index (κ2) is 7.44. The van der Waals surface area contributed by atoms with E-state index in [4.69, 9.17) is 5.41 Å². The fourth-order valence-corrected chi connectivity index (χ4v) is 2.19. The van der Waals surface area contributed by atoms with Gasteiger partial charge >= 0.3 is 0 Å². The van der Waals surface area contributed by atoms with Crippen LogP contribution in [0.25, 0.3) is 0 Å². The van der Waals surface area contributed by atoms with Crippen molar-refractivity contribution in [3.05, 3.63) is 11.8 Å². The molecule has 1 fully saturated rings. The zero-order valence-electron chi connectivity index (χ0n) is 10.6. The van der Waals surface area contributed by atoms with Gasteiger partial charge in [-0.3, -0.25) is 5.41 Å². The zero-order chi connectivity index (χ0) is 11.8. The lowest BCUT2D eigenvalue weighted by atomic mass is 10.0. The Morgan fingerprint density at radius 3 is 2.81 bits per heavy atom. The quantitative estimate of drug-likeness (QED) is 0.537. The van der Waals surface area contributed by atoms with Gasteiger partial charge in [-0.05, 0) is 46.1 Å². The van der Waals surface area contributed by atoms with Gasteiger partial charge < -0.3 is 10.2 Å². The highest BCUT2D eigenvalue weighted by atomic mass is 15.1. The Kier molecular flexibility index (Phi) is 6.16. The maximum atomic E-state index is 7.32. The van der Waals surface area contributed by atoms with Gasteiger partial charge in [0.2, 0.25) is 0 Å². The van der Waals surface area contributed by atoms with Crippen molar-refractivity contribution in [2.45, 2.75) is 52.0 Å². The molecule has 16 heavy (non-hydrogen) atoms. The van der Waals surface area contributed by atoms with E-state index in [1.807, 2.05) is 11.1 Å².